The number of nitrogens with zero attached hydrogens (tertiary/aromatic N) is 2. The number of hydrogen-bond donors (Lipinski definition) is 0. The van der Waals surface area contributed by atoms with E-state index >= 15 is 0 Å². The first-order valence-electron chi connectivity index (χ1n) is 9.07. The molecule has 0 aromatic heterocycles. The van der Waals surface area contributed by atoms with Gasteiger partial charge in [0.25, 0.3) is 0 Å². The average molecular weight is 332 g/mol. The van der Waals surface area contributed by atoms with Crippen LogP contribution in [0.5, 0.6) is 0 Å². The van der Waals surface area contributed by atoms with Gasteiger partial charge in [0.05, 0.1) is 25.7 Å². The summed E-state index contributed by atoms with van der Waals surface area (Å²) >= 11 is 0. The normalized spacial score (nSPS) is 22.4. The Balaban J connectivity index is 1.54. The molecule has 1 aromatic rings. The van der Waals surface area contributed by atoms with Gasteiger partial charge in [0, 0.05) is 31.9 Å². The molecule has 132 valence electrons. The van der Waals surface area contributed by atoms with Crippen molar-refractivity contribution in [2.45, 2.75) is 26.3 Å². The van der Waals surface area contributed by atoms with E-state index in [9.17, 15) is 4.79 Å². The Bertz CT molecular complexity index is 526. The van der Waals surface area contributed by atoms with Crippen LogP contribution >= 0.6 is 0 Å². The molecule has 0 amide bonds. The van der Waals surface area contributed by atoms with Gasteiger partial charge in [-0.15, -0.1) is 0 Å². The van der Waals surface area contributed by atoms with Gasteiger partial charge in [-0.1, -0.05) is 12.1 Å². The molecule has 2 aliphatic rings. The summed E-state index contributed by atoms with van der Waals surface area (Å²) < 4.78 is 10.6. The highest BCUT2D eigenvalue weighted by Gasteiger charge is 2.26. The van der Waals surface area contributed by atoms with Crippen molar-refractivity contribution in [1.29, 1.82) is 0 Å². The van der Waals surface area contributed by atoms with Gasteiger partial charge in [0.1, 0.15) is 0 Å². The van der Waals surface area contributed by atoms with Gasteiger partial charge >= 0.3 is 5.97 Å². The molecule has 0 saturated carbocycles. The third-order valence-corrected chi connectivity index (χ3v) is 4.84. The number of piperidine rings is 1. The number of esters is 1. The highest BCUT2D eigenvalue weighted by molar-refractivity contribution is 5.72. The number of carbonyl (C=O) groups is 1. The first-order valence-corrected chi connectivity index (χ1v) is 9.07. The van der Waals surface area contributed by atoms with Crippen LogP contribution in [-0.4, -0.2) is 56.9 Å². The summed E-state index contributed by atoms with van der Waals surface area (Å²) in [5, 5.41) is 0. The van der Waals surface area contributed by atoms with Crippen LogP contribution in [0.2, 0.25) is 0 Å². The number of anilines is 1. The Morgan fingerprint density at radius 2 is 1.96 bits per heavy atom. The molecule has 0 spiro atoms. The lowest BCUT2D eigenvalue weighted by atomic mass is 9.97. The van der Waals surface area contributed by atoms with E-state index < -0.39 is 0 Å². The second kappa shape index (κ2) is 8.49. The van der Waals surface area contributed by atoms with Crippen LogP contribution in [0.4, 0.5) is 5.69 Å². The van der Waals surface area contributed by atoms with Gasteiger partial charge in [0.15, 0.2) is 0 Å². The summed E-state index contributed by atoms with van der Waals surface area (Å²) in [6, 6.07) is 8.82. The van der Waals surface area contributed by atoms with Crippen LogP contribution in [0.1, 0.15) is 25.3 Å². The first kappa shape index (κ1) is 17.2. The van der Waals surface area contributed by atoms with E-state index in [2.05, 4.69) is 34.1 Å². The SMILES string of the molecule is CCOC(=O)[C@H]1CCCN(Cc2ccc(N3CCOCC3)cc2)C1. The second-order valence-electron chi connectivity index (χ2n) is 6.59. The molecule has 2 saturated heterocycles. The molecule has 2 heterocycles. The van der Waals surface area contributed by atoms with E-state index in [0.717, 1.165) is 58.8 Å². The van der Waals surface area contributed by atoms with Crippen LogP contribution < -0.4 is 4.90 Å². The minimum absolute atomic E-state index is 0.0336. The van der Waals surface area contributed by atoms with Crippen LogP contribution in [0.3, 0.4) is 0 Å². The zero-order valence-corrected chi connectivity index (χ0v) is 14.6. The Labute approximate surface area is 144 Å². The predicted octanol–water partition coefficient (Wildman–Crippen LogP) is 2.30. The van der Waals surface area contributed by atoms with E-state index in [1.807, 2.05) is 6.92 Å². The quantitative estimate of drug-likeness (QED) is 0.774. The number of carbonyl (C=O) groups excluding carboxylic acids is 1. The molecule has 5 nitrogen and oxygen atoms in total. The van der Waals surface area contributed by atoms with Crippen LogP contribution in [0.25, 0.3) is 0 Å². The molecule has 1 aromatic carbocycles. The molecular formula is C19H28N2O3. The summed E-state index contributed by atoms with van der Waals surface area (Å²) in [6.45, 7) is 8.66. The first-order chi connectivity index (χ1) is 11.8. The Morgan fingerprint density at radius 1 is 1.21 bits per heavy atom. The number of morpholine rings is 1. The van der Waals surface area contributed by atoms with Crippen LogP contribution in [0, 0.1) is 5.92 Å². The van der Waals surface area contributed by atoms with Gasteiger partial charge in [-0.3, -0.25) is 9.69 Å². The van der Waals surface area contributed by atoms with Gasteiger partial charge < -0.3 is 14.4 Å². The van der Waals surface area contributed by atoms with Crippen molar-refractivity contribution in [3.8, 4) is 0 Å². The molecule has 2 aliphatic heterocycles. The molecule has 1 atom stereocenters. The number of likely N-dealkylation sites (tertiary alicyclic amines) is 1. The van der Waals surface area contributed by atoms with E-state index in [0.29, 0.717) is 6.61 Å². The van der Waals surface area contributed by atoms with E-state index in [1.165, 1.54) is 11.3 Å². The van der Waals surface area contributed by atoms with Crippen LogP contribution in [-0.2, 0) is 20.8 Å². The molecule has 0 unspecified atom stereocenters. The number of rotatable bonds is 5. The third kappa shape index (κ3) is 4.48. The smallest absolute Gasteiger partial charge is 0.310 e. The largest absolute Gasteiger partial charge is 0.466 e. The second-order valence-corrected chi connectivity index (χ2v) is 6.59. The molecule has 0 N–H and O–H groups in total. The fourth-order valence-corrected chi connectivity index (χ4v) is 3.54. The zero-order valence-electron chi connectivity index (χ0n) is 14.6. The van der Waals surface area contributed by atoms with Crippen molar-refractivity contribution in [2.75, 3.05) is 50.9 Å². The minimum Gasteiger partial charge on any atom is -0.466 e. The molecule has 0 bridgehead atoms. The number of ether oxygens (including phenoxy) is 2. The Kier molecular flexibility index (Phi) is 6.10. The van der Waals surface area contributed by atoms with Crippen molar-refractivity contribution in [3.05, 3.63) is 29.8 Å². The summed E-state index contributed by atoms with van der Waals surface area (Å²) in [5.41, 5.74) is 2.57. The van der Waals surface area contributed by atoms with Gasteiger partial charge in [-0.2, -0.15) is 0 Å². The fraction of sp³-hybridized carbons (Fsp3) is 0.632. The lowest BCUT2D eigenvalue weighted by molar-refractivity contribution is -0.150. The molecule has 5 heteroatoms. The number of hydrogen-bond acceptors (Lipinski definition) is 5. The summed E-state index contributed by atoms with van der Waals surface area (Å²) in [6.07, 6.45) is 2.01. The van der Waals surface area contributed by atoms with Crippen LogP contribution in [0.15, 0.2) is 24.3 Å². The van der Waals surface area contributed by atoms with Crippen molar-refractivity contribution < 1.29 is 14.3 Å². The van der Waals surface area contributed by atoms with Gasteiger partial charge in [0.2, 0.25) is 0 Å². The molecule has 3 rings (SSSR count). The highest BCUT2D eigenvalue weighted by Crippen LogP contribution is 2.21. The zero-order chi connectivity index (χ0) is 16.8. The number of benzene rings is 1. The molecule has 24 heavy (non-hydrogen) atoms. The lowest BCUT2D eigenvalue weighted by Gasteiger charge is -2.32. The Morgan fingerprint density at radius 3 is 2.67 bits per heavy atom. The summed E-state index contributed by atoms with van der Waals surface area (Å²) in [4.78, 5) is 16.7. The summed E-state index contributed by atoms with van der Waals surface area (Å²) in [7, 11) is 0. The van der Waals surface area contributed by atoms with Crippen molar-refractivity contribution >= 4 is 11.7 Å². The maximum absolute atomic E-state index is 12.0. The maximum atomic E-state index is 12.0. The Hall–Kier alpha value is -1.59. The molecule has 2 fully saturated rings. The monoisotopic (exact) mass is 332 g/mol. The minimum atomic E-state index is -0.0372. The van der Waals surface area contributed by atoms with Crippen molar-refractivity contribution in [2.24, 2.45) is 5.92 Å². The highest BCUT2D eigenvalue weighted by atomic mass is 16.5. The van der Waals surface area contributed by atoms with E-state index in [1.54, 1.807) is 0 Å². The average Bonchev–Trinajstić information content (AvgIpc) is 2.63. The third-order valence-electron chi connectivity index (χ3n) is 4.84. The fourth-order valence-electron chi connectivity index (χ4n) is 3.54. The topological polar surface area (TPSA) is 42.0 Å². The standard InChI is InChI=1S/C19H28N2O3/c1-2-24-19(22)17-4-3-9-20(15-17)14-16-5-7-18(8-6-16)21-10-12-23-13-11-21/h5-8,17H,2-4,9-15H2,1H3/t17-/m0/s1. The van der Waals surface area contributed by atoms with Gasteiger partial charge in [-0.25, -0.2) is 0 Å². The van der Waals surface area contributed by atoms with Crippen molar-refractivity contribution in [1.82, 2.24) is 4.90 Å². The summed E-state index contributed by atoms with van der Waals surface area (Å²) in [5.74, 6) is -0.00353. The molecule has 0 radical (unpaired) electrons. The molecular weight excluding hydrogens is 304 g/mol. The van der Waals surface area contributed by atoms with Crippen molar-refractivity contribution in [3.63, 3.8) is 0 Å². The van der Waals surface area contributed by atoms with E-state index in [-0.39, 0.29) is 11.9 Å². The predicted molar refractivity (Wildman–Crippen MR) is 94.1 cm³/mol. The molecule has 0 aliphatic carbocycles. The van der Waals surface area contributed by atoms with Gasteiger partial charge in [-0.05, 0) is 44.0 Å². The van der Waals surface area contributed by atoms with E-state index in [4.69, 9.17) is 9.47 Å². The maximum Gasteiger partial charge on any atom is 0.310 e. The lowest BCUT2D eigenvalue weighted by Crippen LogP contribution is -2.39.